The van der Waals surface area contributed by atoms with Crippen molar-refractivity contribution >= 4 is 11.6 Å². The van der Waals surface area contributed by atoms with E-state index in [0.29, 0.717) is 16.1 Å². The SMILES string of the molecule is COc1c(C)c(Cl)cc(-c2noc(CN)n2)c1O. The molecule has 0 saturated carbocycles. The van der Waals surface area contributed by atoms with Crippen molar-refractivity contribution in [1.29, 1.82) is 0 Å². The predicted octanol–water partition coefficient (Wildman–Crippen LogP) is 1.87. The Balaban J connectivity index is 2.60. The van der Waals surface area contributed by atoms with E-state index in [0.717, 1.165) is 0 Å². The Labute approximate surface area is 108 Å². The van der Waals surface area contributed by atoms with E-state index in [1.807, 2.05) is 0 Å². The van der Waals surface area contributed by atoms with Crippen LogP contribution in [0.15, 0.2) is 10.6 Å². The van der Waals surface area contributed by atoms with E-state index in [1.54, 1.807) is 13.0 Å². The molecule has 0 aliphatic carbocycles. The number of ether oxygens (including phenoxy) is 1. The highest BCUT2D eigenvalue weighted by atomic mass is 35.5. The summed E-state index contributed by atoms with van der Waals surface area (Å²) in [4.78, 5) is 4.03. The third kappa shape index (κ3) is 2.00. The number of rotatable bonds is 3. The number of aromatic hydroxyl groups is 1. The van der Waals surface area contributed by atoms with Gasteiger partial charge < -0.3 is 20.1 Å². The van der Waals surface area contributed by atoms with Crippen molar-refractivity contribution in [2.24, 2.45) is 5.73 Å². The zero-order valence-electron chi connectivity index (χ0n) is 9.90. The van der Waals surface area contributed by atoms with Crippen LogP contribution in [-0.2, 0) is 6.54 Å². The molecule has 0 aliphatic rings. The fraction of sp³-hybridized carbons (Fsp3) is 0.273. The Bertz CT molecular complexity index is 583. The summed E-state index contributed by atoms with van der Waals surface area (Å²) in [6.45, 7) is 1.87. The number of aromatic nitrogens is 2. The third-order valence-corrected chi connectivity index (χ3v) is 2.92. The standard InChI is InChI=1S/C11H12ClN3O3/c1-5-7(12)3-6(9(16)10(5)17-2)11-14-8(4-13)18-15-11/h3,16H,4,13H2,1-2H3. The summed E-state index contributed by atoms with van der Waals surface area (Å²) in [7, 11) is 1.45. The highest BCUT2D eigenvalue weighted by molar-refractivity contribution is 6.32. The van der Waals surface area contributed by atoms with Gasteiger partial charge in [0.15, 0.2) is 11.5 Å². The minimum Gasteiger partial charge on any atom is -0.504 e. The molecule has 0 atom stereocenters. The van der Waals surface area contributed by atoms with E-state index in [1.165, 1.54) is 7.11 Å². The number of phenols is 1. The molecule has 1 aromatic carbocycles. The van der Waals surface area contributed by atoms with Crippen LogP contribution in [0.25, 0.3) is 11.4 Å². The molecule has 1 heterocycles. The van der Waals surface area contributed by atoms with Crippen molar-refractivity contribution < 1.29 is 14.4 Å². The van der Waals surface area contributed by atoms with Crippen molar-refractivity contribution in [3.63, 3.8) is 0 Å². The van der Waals surface area contributed by atoms with Gasteiger partial charge in [-0.2, -0.15) is 4.98 Å². The monoisotopic (exact) mass is 269 g/mol. The lowest BCUT2D eigenvalue weighted by atomic mass is 10.1. The average molecular weight is 270 g/mol. The number of halogens is 1. The number of nitrogens with two attached hydrogens (primary N) is 1. The lowest BCUT2D eigenvalue weighted by molar-refractivity contribution is 0.370. The molecule has 0 amide bonds. The minimum absolute atomic E-state index is 0.0798. The molecule has 6 nitrogen and oxygen atoms in total. The van der Waals surface area contributed by atoms with Gasteiger partial charge in [-0.25, -0.2) is 0 Å². The molecule has 1 aromatic heterocycles. The van der Waals surface area contributed by atoms with Gasteiger partial charge in [-0.15, -0.1) is 0 Å². The third-order valence-electron chi connectivity index (χ3n) is 2.53. The van der Waals surface area contributed by atoms with Crippen LogP contribution < -0.4 is 10.5 Å². The number of nitrogens with zero attached hydrogens (tertiary/aromatic N) is 2. The summed E-state index contributed by atoms with van der Waals surface area (Å²) in [6, 6.07) is 1.56. The van der Waals surface area contributed by atoms with Crippen LogP contribution in [0.3, 0.4) is 0 Å². The van der Waals surface area contributed by atoms with E-state index < -0.39 is 0 Å². The number of methoxy groups -OCH3 is 1. The lowest BCUT2D eigenvalue weighted by Gasteiger charge is -2.11. The maximum atomic E-state index is 10.1. The quantitative estimate of drug-likeness (QED) is 0.883. The molecule has 2 rings (SSSR count). The Morgan fingerprint density at radius 2 is 2.28 bits per heavy atom. The van der Waals surface area contributed by atoms with Crippen LogP contribution in [-0.4, -0.2) is 22.4 Å². The topological polar surface area (TPSA) is 94.4 Å². The first-order valence-corrected chi connectivity index (χ1v) is 5.55. The first-order valence-electron chi connectivity index (χ1n) is 5.17. The molecule has 0 unspecified atom stereocenters. The molecule has 0 saturated heterocycles. The van der Waals surface area contributed by atoms with E-state index in [4.69, 9.17) is 26.6 Å². The van der Waals surface area contributed by atoms with E-state index in [2.05, 4.69) is 10.1 Å². The predicted molar refractivity (Wildman–Crippen MR) is 65.6 cm³/mol. The molecular formula is C11H12ClN3O3. The van der Waals surface area contributed by atoms with Gasteiger partial charge in [-0.3, -0.25) is 0 Å². The van der Waals surface area contributed by atoms with Crippen molar-refractivity contribution in [2.45, 2.75) is 13.5 Å². The molecular weight excluding hydrogens is 258 g/mol. The van der Waals surface area contributed by atoms with Gasteiger partial charge in [-0.05, 0) is 13.0 Å². The average Bonchev–Trinajstić information content (AvgIpc) is 2.83. The van der Waals surface area contributed by atoms with Gasteiger partial charge in [0.25, 0.3) is 0 Å². The molecule has 7 heteroatoms. The molecule has 0 spiro atoms. The summed E-state index contributed by atoms with van der Waals surface area (Å²) in [5, 5.41) is 14.3. The normalized spacial score (nSPS) is 10.7. The first-order chi connectivity index (χ1) is 8.58. The van der Waals surface area contributed by atoms with Crippen LogP contribution in [0.1, 0.15) is 11.5 Å². The van der Waals surface area contributed by atoms with Gasteiger partial charge in [0, 0.05) is 10.6 Å². The molecule has 0 bridgehead atoms. The molecule has 0 aliphatic heterocycles. The maximum Gasteiger partial charge on any atom is 0.240 e. The van der Waals surface area contributed by atoms with Crippen molar-refractivity contribution in [3.05, 3.63) is 22.5 Å². The zero-order valence-corrected chi connectivity index (χ0v) is 10.7. The fourth-order valence-corrected chi connectivity index (χ4v) is 1.77. The largest absolute Gasteiger partial charge is 0.504 e. The Morgan fingerprint density at radius 3 is 2.83 bits per heavy atom. The van der Waals surface area contributed by atoms with E-state index >= 15 is 0 Å². The number of hydrogen-bond donors (Lipinski definition) is 2. The number of hydrogen-bond acceptors (Lipinski definition) is 6. The Hall–Kier alpha value is -1.79. The van der Waals surface area contributed by atoms with Crippen LogP contribution in [0.4, 0.5) is 0 Å². The number of benzene rings is 1. The second kappa shape index (κ2) is 4.83. The number of phenolic OH excluding ortho intramolecular Hbond substituents is 1. The molecule has 3 N–H and O–H groups in total. The van der Waals surface area contributed by atoms with Gasteiger partial charge in [0.05, 0.1) is 19.2 Å². The molecule has 96 valence electrons. The molecule has 0 fully saturated rings. The van der Waals surface area contributed by atoms with Crippen LogP contribution in [0, 0.1) is 6.92 Å². The van der Waals surface area contributed by atoms with Crippen molar-refractivity contribution in [1.82, 2.24) is 10.1 Å². The first kappa shape index (κ1) is 12.7. The summed E-state index contributed by atoms with van der Waals surface area (Å²) in [5.74, 6) is 0.702. The Kier molecular flexibility index (Phi) is 3.40. The van der Waals surface area contributed by atoms with Gasteiger partial charge in [0.2, 0.25) is 11.7 Å². The highest BCUT2D eigenvalue weighted by Crippen LogP contribution is 2.41. The zero-order chi connectivity index (χ0) is 13.3. The van der Waals surface area contributed by atoms with Crippen LogP contribution in [0.5, 0.6) is 11.5 Å². The second-order valence-electron chi connectivity index (χ2n) is 3.63. The minimum atomic E-state index is -0.0798. The summed E-state index contributed by atoms with van der Waals surface area (Å²) in [5.41, 5.74) is 6.36. The van der Waals surface area contributed by atoms with Crippen molar-refractivity contribution in [3.8, 4) is 22.9 Å². The highest BCUT2D eigenvalue weighted by Gasteiger charge is 2.19. The summed E-state index contributed by atoms with van der Waals surface area (Å²) >= 11 is 6.06. The molecule has 0 radical (unpaired) electrons. The smallest absolute Gasteiger partial charge is 0.240 e. The lowest BCUT2D eigenvalue weighted by Crippen LogP contribution is -1.96. The van der Waals surface area contributed by atoms with Gasteiger partial charge >= 0.3 is 0 Å². The van der Waals surface area contributed by atoms with E-state index in [-0.39, 0.29) is 29.8 Å². The molecule has 2 aromatic rings. The molecule has 18 heavy (non-hydrogen) atoms. The second-order valence-corrected chi connectivity index (χ2v) is 4.04. The fourth-order valence-electron chi connectivity index (χ4n) is 1.58. The Morgan fingerprint density at radius 1 is 1.56 bits per heavy atom. The summed E-state index contributed by atoms with van der Waals surface area (Å²) < 4.78 is 9.99. The van der Waals surface area contributed by atoms with Crippen molar-refractivity contribution in [2.75, 3.05) is 7.11 Å². The van der Waals surface area contributed by atoms with Crippen LogP contribution >= 0.6 is 11.6 Å². The van der Waals surface area contributed by atoms with Gasteiger partial charge in [-0.1, -0.05) is 16.8 Å². The van der Waals surface area contributed by atoms with Gasteiger partial charge in [0.1, 0.15) is 0 Å². The van der Waals surface area contributed by atoms with Crippen LogP contribution in [0.2, 0.25) is 5.02 Å². The maximum absolute atomic E-state index is 10.1. The van der Waals surface area contributed by atoms with E-state index in [9.17, 15) is 5.11 Å². The summed E-state index contributed by atoms with van der Waals surface area (Å²) in [6.07, 6.45) is 0.